The molecular weight excluding hydrogens is 236 g/mol. The SMILES string of the molecule is CN1CC[C@H](C(=O)N(C)CCCC(=O)O)CC1=O. The Kier molecular flexibility index (Phi) is 5.12. The molecule has 1 rings (SSSR count). The summed E-state index contributed by atoms with van der Waals surface area (Å²) in [6.45, 7) is 1.03. The van der Waals surface area contributed by atoms with Crippen molar-refractivity contribution >= 4 is 17.8 Å². The first kappa shape index (κ1) is 14.5. The highest BCUT2D eigenvalue weighted by Crippen LogP contribution is 2.19. The van der Waals surface area contributed by atoms with Crippen molar-refractivity contribution in [2.45, 2.75) is 25.7 Å². The lowest BCUT2D eigenvalue weighted by Gasteiger charge is -2.30. The van der Waals surface area contributed by atoms with Crippen LogP contribution >= 0.6 is 0 Å². The fourth-order valence-corrected chi connectivity index (χ4v) is 2.04. The molecule has 0 aromatic carbocycles. The molecule has 102 valence electrons. The molecule has 0 aromatic heterocycles. The standard InChI is InChI=1S/C12H20N2O4/c1-13-7-5-9(8-10(13)15)12(18)14(2)6-3-4-11(16)17/h9H,3-8H2,1-2H3,(H,16,17)/t9-/m0/s1. The van der Waals surface area contributed by atoms with Gasteiger partial charge in [0.05, 0.1) is 0 Å². The molecule has 1 saturated heterocycles. The van der Waals surface area contributed by atoms with E-state index in [1.54, 1.807) is 19.0 Å². The van der Waals surface area contributed by atoms with E-state index in [-0.39, 0.29) is 30.6 Å². The number of nitrogens with zero attached hydrogens (tertiary/aromatic N) is 2. The molecule has 6 heteroatoms. The number of amides is 2. The van der Waals surface area contributed by atoms with Gasteiger partial charge in [-0.25, -0.2) is 0 Å². The Morgan fingerprint density at radius 1 is 1.50 bits per heavy atom. The number of carboxylic acid groups (broad SMARTS) is 1. The molecule has 1 fully saturated rings. The second kappa shape index (κ2) is 6.37. The fourth-order valence-electron chi connectivity index (χ4n) is 2.04. The molecule has 6 nitrogen and oxygen atoms in total. The lowest BCUT2D eigenvalue weighted by Crippen LogP contribution is -2.42. The summed E-state index contributed by atoms with van der Waals surface area (Å²) in [7, 11) is 3.40. The summed E-state index contributed by atoms with van der Waals surface area (Å²) >= 11 is 0. The third-order valence-corrected chi connectivity index (χ3v) is 3.27. The maximum Gasteiger partial charge on any atom is 0.303 e. The lowest BCUT2D eigenvalue weighted by molar-refractivity contribution is -0.143. The minimum absolute atomic E-state index is 0.00136. The van der Waals surface area contributed by atoms with Crippen molar-refractivity contribution < 1.29 is 19.5 Å². The smallest absolute Gasteiger partial charge is 0.303 e. The molecule has 1 aliphatic heterocycles. The van der Waals surface area contributed by atoms with Gasteiger partial charge in [0, 0.05) is 45.9 Å². The van der Waals surface area contributed by atoms with E-state index in [1.165, 1.54) is 4.90 Å². The van der Waals surface area contributed by atoms with E-state index in [9.17, 15) is 14.4 Å². The van der Waals surface area contributed by atoms with Crippen molar-refractivity contribution in [1.82, 2.24) is 9.80 Å². The fraction of sp³-hybridized carbons (Fsp3) is 0.750. The van der Waals surface area contributed by atoms with Gasteiger partial charge in [-0.3, -0.25) is 14.4 Å². The zero-order valence-electron chi connectivity index (χ0n) is 10.9. The average molecular weight is 256 g/mol. The number of rotatable bonds is 5. The number of hydrogen-bond donors (Lipinski definition) is 1. The topological polar surface area (TPSA) is 77.9 Å². The van der Waals surface area contributed by atoms with Crippen LogP contribution in [0.15, 0.2) is 0 Å². The van der Waals surface area contributed by atoms with Gasteiger partial charge in [0.15, 0.2) is 0 Å². The van der Waals surface area contributed by atoms with E-state index < -0.39 is 5.97 Å². The van der Waals surface area contributed by atoms with Crippen molar-refractivity contribution in [3.63, 3.8) is 0 Å². The Bertz CT molecular complexity index is 343. The van der Waals surface area contributed by atoms with Crippen LogP contribution in [0.2, 0.25) is 0 Å². The molecule has 0 unspecified atom stereocenters. The summed E-state index contributed by atoms with van der Waals surface area (Å²) in [6.07, 6.45) is 1.45. The van der Waals surface area contributed by atoms with Crippen LogP contribution < -0.4 is 0 Å². The van der Waals surface area contributed by atoms with Crippen LogP contribution in [-0.2, 0) is 14.4 Å². The summed E-state index contributed by atoms with van der Waals surface area (Å²) in [5.41, 5.74) is 0. The van der Waals surface area contributed by atoms with Crippen molar-refractivity contribution in [3.8, 4) is 0 Å². The van der Waals surface area contributed by atoms with Crippen LogP contribution in [0, 0.1) is 5.92 Å². The number of carbonyl (C=O) groups excluding carboxylic acids is 2. The maximum atomic E-state index is 12.0. The molecule has 0 radical (unpaired) electrons. The zero-order valence-corrected chi connectivity index (χ0v) is 10.9. The van der Waals surface area contributed by atoms with Crippen molar-refractivity contribution in [2.24, 2.45) is 5.92 Å². The summed E-state index contributed by atoms with van der Waals surface area (Å²) in [5.74, 6) is -1.16. The second-order valence-corrected chi connectivity index (χ2v) is 4.76. The van der Waals surface area contributed by atoms with Crippen LogP contribution in [0.1, 0.15) is 25.7 Å². The molecule has 18 heavy (non-hydrogen) atoms. The van der Waals surface area contributed by atoms with E-state index in [2.05, 4.69) is 0 Å². The van der Waals surface area contributed by atoms with Gasteiger partial charge in [-0.2, -0.15) is 0 Å². The third kappa shape index (κ3) is 4.01. The number of likely N-dealkylation sites (tertiary alicyclic amines) is 1. The van der Waals surface area contributed by atoms with Crippen LogP contribution in [0.4, 0.5) is 0 Å². The monoisotopic (exact) mass is 256 g/mol. The third-order valence-electron chi connectivity index (χ3n) is 3.27. The second-order valence-electron chi connectivity index (χ2n) is 4.76. The quantitative estimate of drug-likeness (QED) is 0.761. The number of aliphatic carboxylic acids is 1. The summed E-state index contributed by atoms with van der Waals surface area (Å²) in [4.78, 5) is 37.1. The van der Waals surface area contributed by atoms with Gasteiger partial charge >= 0.3 is 5.97 Å². The van der Waals surface area contributed by atoms with Crippen molar-refractivity contribution in [1.29, 1.82) is 0 Å². The minimum atomic E-state index is -0.856. The molecule has 0 saturated carbocycles. The summed E-state index contributed by atoms with van der Waals surface area (Å²) in [5, 5.41) is 8.52. The van der Waals surface area contributed by atoms with Gasteiger partial charge in [-0.15, -0.1) is 0 Å². The van der Waals surface area contributed by atoms with Crippen LogP contribution in [0.5, 0.6) is 0 Å². The molecule has 1 aliphatic rings. The molecule has 0 spiro atoms. The largest absolute Gasteiger partial charge is 0.481 e. The van der Waals surface area contributed by atoms with Crippen LogP contribution in [-0.4, -0.2) is 59.9 Å². The minimum Gasteiger partial charge on any atom is -0.481 e. The van der Waals surface area contributed by atoms with Crippen molar-refractivity contribution in [2.75, 3.05) is 27.2 Å². The predicted molar refractivity (Wildman–Crippen MR) is 64.9 cm³/mol. The van der Waals surface area contributed by atoms with Gasteiger partial charge in [-0.05, 0) is 12.8 Å². The Labute approximate surface area is 107 Å². The highest BCUT2D eigenvalue weighted by Gasteiger charge is 2.30. The van der Waals surface area contributed by atoms with E-state index in [0.717, 1.165) is 0 Å². The Hall–Kier alpha value is -1.59. The highest BCUT2D eigenvalue weighted by molar-refractivity contribution is 5.86. The van der Waals surface area contributed by atoms with E-state index in [1.807, 2.05) is 0 Å². The van der Waals surface area contributed by atoms with E-state index in [4.69, 9.17) is 5.11 Å². The predicted octanol–water partition coefficient (Wildman–Crippen LogP) is 0.178. The number of carbonyl (C=O) groups is 3. The Morgan fingerprint density at radius 3 is 2.72 bits per heavy atom. The molecule has 0 aromatic rings. The van der Waals surface area contributed by atoms with Gasteiger partial charge in [0.25, 0.3) is 0 Å². The first-order valence-corrected chi connectivity index (χ1v) is 6.12. The molecule has 1 atom stereocenters. The van der Waals surface area contributed by atoms with Crippen molar-refractivity contribution in [3.05, 3.63) is 0 Å². The van der Waals surface area contributed by atoms with E-state index >= 15 is 0 Å². The molecule has 2 amide bonds. The molecule has 1 N–H and O–H groups in total. The highest BCUT2D eigenvalue weighted by atomic mass is 16.4. The van der Waals surface area contributed by atoms with Gasteiger partial charge in [-0.1, -0.05) is 0 Å². The molecule has 1 heterocycles. The van der Waals surface area contributed by atoms with Crippen LogP contribution in [0.3, 0.4) is 0 Å². The zero-order chi connectivity index (χ0) is 13.7. The van der Waals surface area contributed by atoms with Gasteiger partial charge < -0.3 is 14.9 Å². The lowest BCUT2D eigenvalue weighted by atomic mass is 9.95. The maximum absolute atomic E-state index is 12.0. The summed E-state index contributed by atoms with van der Waals surface area (Å²) in [6, 6.07) is 0. The first-order chi connectivity index (χ1) is 8.41. The molecular formula is C12H20N2O4. The number of hydrogen-bond acceptors (Lipinski definition) is 3. The van der Waals surface area contributed by atoms with Gasteiger partial charge in [0.1, 0.15) is 0 Å². The number of piperidine rings is 1. The van der Waals surface area contributed by atoms with Crippen LogP contribution in [0.25, 0.3) is 0 Å². The Balaban J connectivity index is 2.39. The van der Waals surface area contributed by atoms with Gasteiger partial charge in [0.2, 0.25) is 11.8 Å². The molecule has 0 aliphatic carbocycles. The average Bonchev–Trinajstić information content (AvgIpc) is 2.31. The normalized spacial score (nSPS) is 19.8. The Morgan fingerprint density at radius 2 is 2.17 bits per heavy atom. The van der Waals surface area contributed by atoms with E-state index in [0.29, 0.717) is 25.9 Å². The first-order valence-electron chi connectivity index (χ1n) is 6.12. The molecule has 0 bridgehead atoms. The summed E-state index contributed by atoms with van der Waals surface area (Å²) < 4.78 is 0. The number of carboxylic acids is 1.